The third kappa shape index (κ3) is 2.60. The molecule has 0 amide bonds. The Balaban J connectivity index is 1.49. The monoisotopic (exact) mass is 311 g/mol. The van der Waals surface area contributed by atoms with E-state index in [1.807, 2.05) is 25.1 Å². The molecule has 1 fully saturated rings. The summed E-state index contributed by atoms with van der Waals surface area (Å²) in [5, 5.41) is 12.4. The lowest BCUT2D eigenvalue weighted by Gasteiger charge is -2.36. The average molecular weight is 311 g/mol. The molecule has 0 radical (unpaired) electrons. The molecule has 9 nitrogen and oxygen atoms in total. The van der Waals surface area contributed by atoms with Gasteiger partial charge >= 0.3 is 0 Å². The van der Waals surface area contributed by atoms with Crippen LogP contribution in [0.25, 0.3) is 5.65 Å². The summed E-state index contributed by atoms with van der Waals surface area (Å²) in [6.07, 6.45) is 1.61. The highest BCUT2D eigenvalue weighted by molar-refractivity contribution is 5.49. The Kier molecular flexibility index (Phi) is 3.18. The summed E-state index contributed by atoms with van der Waals surface area (Å²) in [7, 11) is 0. The fraction of sp³-hybridized carbons (Fsp3) is 0.357. The summed E-state index contributed by atoms with van der Waals surface area (Å²) in [5.74, 6) is 2.13. The molecule has 0 aliphatic carbocycles. The number of piperazine rings is 1. The molecule has 9 heteroatoms. The molecule has 0 atom stereocenters. The topological polar surface area (TPSA) is 101 Å². The van der Waals surface area contributed by atoms with Crippen molar-refractivity contribution in [1.29, 1.82) is 0 Å². The fourth-order valence-corrected chi connectivity index (χ4v) is 2.79. The van der Waals surface area contributed by atoms with E-state index in [0.29, 0.717) is 5.95 Å². The SMILES string of the molecule is Cc1cc(N2CCN(c3ccc4nncn4n3)CC2)nc(N)n1. The van der Waals surface area contributed by atoms with E-state index in [9.17, 15) is 0 Å². The summed E-state index contributed by atoms with van der Waals surface area (Å²) >= 11 is 0. The predicted molar refractivity (Wildman–Crippen MR) is 86.4 cm³/mol. The zero-order valence-electron chi connectivity index (χ0n) is 12.8. The Morgan fingerprint density at radius 2 is 1.74 bits per heavy atom. The van der Waals surface area contributed by atoms with Gasteiger partial charge in [0.15, 0.2) is 5.65 Å². The second-order valence-corrected chi connectivity index (χ2v) is 5.53. The van der Waals surface area contributed by atoms with E-state index >= 15 is 0 Å². The van der Waals surface area contributed by atoms with E-state index in [1.165, 1.54) is 0 Å². The van der Waals surface area contributed by atoms with Gasteiger partial charge in [0.2, 0.25) is 5.95 Å². The maximum atomic E-state index is 5.74. The van der Waals surface area contributed by atoms with Crippen molar-refractivity contribution in [2.45, 2.75) is 6.92 Å². The normalized spacial score (nSPS) is 15.3. The molecule has 0 bridgehead atoms. The maximum absolute atomic E-state index is 5.74. The van der Waals surface area contributed by atoms with Gasteiger partial charge in [-0.05, 0) is 19.1 Å². The lowest BCUT2D eigenvalue weighted by molar-refractivity contribution is 0.635. The van der Waals surface area contributed by atoms with Crippen molar-refractivity contribution in [2.24, 2.45) is 0 Å². The zero-order valence-corrected chi connectivity index (χ0v) is 12.8. The van der Waals surface area contributed by atoms with Gasteiger partial charge in [-0.25, -0.2) is 4.98 Å². The van der Waals surface area contributed by atoms with Crippen LogP contribution in [0.5, 0.6) is 0 Å². The Morgan fingerprint density at radius 3 is 2.48 bits per heavy atom. The lowest BCUT2D eigenvalue weighted by atomic mass is 10.3. The molecule has 1 aliphatic heterocycles. The molecular weight excluding hydrogens is 294 g/mol. The molecule has 2 N–H and O–H groups in total. The van der Waals surface area contributed by atoms with Crippen LogP contribution in [-0.2, 0) is 0 Å². The van der Waals surface area contributed by atoms with Crippen molar-refractivity contribution in [3.63, 3.8) is 0 Å². The van der Waals surface area contributed by atoms with E-state index in [1.54, 1.807) is 10.8 Å². The number of aryl methyl sites for hydroxylation is 1. The van der Waals surface area contributed by atoms with Gasteiger partial charge in [0, 0.05) is 37.9 Å². The van der Waals surface area contributed by atoms with Gasteiger partial charge < -0.3 is 15.5 Å². The number of nitrogens with zero attached hydrogens (tertiary/aromatic N) is 8. The second kappa shape index (κ2) is 5.34. The van der Waals surface area contributed by atoms with E-state index < -0.39 is 0 Å². The molecule has 3 aromatic heterocycles. The number of nitrogens with two attached hydrogens (primary N) is 1. The van der Waals surface area contributed by atoms with Crippen LogP contribution in [0.1, 0.15) is 5.69 Å². The number of fused-ring (bicyclic) bond motifs is 1. The zero-order chi connectivity index (χ0) is 15.8. The van der Waals surface area contributed by atoms with Crippen LogP contribution in [0, 0.1) is 6.92 Å². The smallest absolute Gasteiger partial charge is 0.222 e. The van der Waals surface area contributed by atoms with Gasteiger partial charge in [0.05, 0.1) is 0 Å². The quantitative estimate of drug-likeness (QED) is 0.712. The molecule has 0 unspecified atom stereocenters. The molecule has 23 heavy (non-hydrogen) atoms. The summed E-state index contributed by atoms with van der Waals surface area (Å²) in [6, 6.07) is 5.87. The van der Waals surface area contributed by atoms with Gasteiger partial charge in [-0.3, -0.25) is 0 Å². The first-order valence-electron chi connectivity index (χ1n) is 7.47. The highest BCUT2D eigenvalue weighted by Crippen LogP contribution is 2.19. The first-order chi connectivity index (χ1) is 11.2. The maximum Gasteiger partial charge on any atom is 0.222 e. The molecule has 1 saturated heterocycles. The minimum absolute atomic E-state index is 0.321. The van der Waals surface area contributed by atoms with Crippen LogP contribution in [-0.4, -0.2) is 56.0 Å². The summed E-state index contributed by atoms with van der Waals surface area (Å²) < 4.78 is 1.69. The summed E-state index contributed by atoms with van der Waals surface area (Å²) in [4.78, 5) is 12.9. The molecule has 0 aromatic carbocycles. The fourth-order valence-electron chi connectivity index (χ4n) is 2.79. The molecular formula is C14H17N9. The molecule has 3 aromatic rings. The van der Waals surface area contributed by atoms with Gasteiger partial charge in [-0.15, -0.1) is 15.3 Å². The van der Waals surface area contributed by atoms with E-state index in [4.69, 9.17) is 5.73 Å². The van der Waals surface area contributed by atoms with Crippen molar-refractivity contribution in [3.05, 3.63) is 30.2 Å². The van der Waals surface area contributed by atoms with Gasteiger partial charge in [0.25, 0.3) is 0 Å². The molecule has 4 rings (SSSR count). The third-order valence-electron chi connectivity index (χ3n) is 3.93. The van der Waals surface area contributed by atoms with Crippen LogP contribution >= 0.6 is 0 Å². The van der Waals surface area contributed by atoms with E-state index in [0.717, 1.165) is 49.2 Å². The highest BCUT2D eigenvalue weighted by atomic mass is 15.4. The van der Waals surface area contributed by atoms with Crippen molar-refractivity contribution in [1.82, 2.24) is 29.8 Å². The Hall–Kier alpha value is -2.97. The number of nitrogen functional groups attached to an aromatic ring is 1. The Morgan fingerprint density at radius 1 is 1.00 bits per heavy atom. The first kappa shape index (κ1) is 13.7. The lowest BCUT2D eigenvalue weighted by Crippen LogP contribution is -2.47. The van der Waals surface area contributed by atoms with Crippen LogP contribution in [0.15, 0.2) is 24.5 Å². The summed E-state index contributed by atoms with van der Waals surface area (Å²) in [5.41, 5.74) is 7.38. The van der Waals surface area contributed by atoms with Crippen molar-refractivity contribution >= 4 is 23.2 Å². The predicted octanol–water partition coefficient (Wildman–Crippen LogP) is 0.132. The average Bonchev–Trinajstić information content (AvgIpc) is 3.01. The minimum atomic E-state index is 0.321. The van der Waals surface area contributed by atoms with Crippen LogP contribution in [0.4, 0.5) is 17.6 Å². The van der Waals surface area contributed by atoms with Gasteiger partial charge in [-0.1, -0.05) is 0 Å². The van der Waals surface area contributed by atoms with Crippen LogP contribution in [0.2, 0.25) is 0 Å². The largest absolute Gasteiger partial charge is 0.368 e. The Labute approximate surface area is 132 Å². The number of anilines is 3. The third-order valence-corrected chi connectivity index (χ3v) is 3.93. The molecule has 4 heterocycles. The number of hydrogen-bond donors (Lipinski definition) is 1. The van der Waals surface area contributed by atoms with Crippen LogP contribution < -0.4 is 15.5 Å². The standard InChI is InChI=1S/C14H17N9/c1-10-8-13(18-14(15)17-10)22-6-4-21(5-7-22)12-3-2-11-19-16-9-23(11)20-12/h2-3,8-9H,4-7H2,1H3,(H2,15,17,18). The summed E-state index contributed by atoms with van der Waals surface area (Å²) in [6.45, 7) is 5.37. The minimum Gasteiger partial charge on any atom is -0.368 e. The van der Waals surface area contributed by atoms with E-state index in [-0.39, 0.29) is 0 Å². The molecule has 0 saturated carbocycles. The van der Waals surface area contributed by atoms with E-state index in [2.05, 4.69) is 35.1 Å². The van der Waals surface area contributed by atoms with Crippen molar-refractivity contribution in [3.8, 4) is 0 Å². The van der Waals surface area contributed by atoms with Gasteiger partial charge in [-0.2, -0.15) is 9.50 Å². The van der Waals surface area contributed by atoms with Gasteiger partial charge in [0.1, 0.15) is 18.0 Å². The second-order valence-electron chi connectivity index (χ2n) is 5.53. The number of aromatic nitrogens is 6. The molecule has 1 aliphatic rings. The molecule has 0 spiro atoms. The Bertz CT molecular complexity index is 815. The highest BCUT2D eigenvalue weighted by Gasteiger charge is 2.20. The van der Waals surface area contributed by atoms with Crippen molar-refractivity contribution in [2.75, 3.05) is 41.7 Å². The first-order valence-corrected chi connectivity index (χ1v) is 7.47. The van der Waals surface area contributed by atoms with Crippen LogP contribution in [0.3, 0.4) is 0 Å². The number of rotatable bonds is 2. The van der Waals surface area contributed by atoms with Crippen molar-refractivity contribution < 1.29 is 0 Å². The molecule has 118 valence electrons. The number of hydrogen-bond acceptors (Lipinski definition) is 8.